The van der Waals surface area contributed by atoms with Gasteiger partial charge in [0, 0.05) is 0 Å². The molecule has 1 aromatic rings. The van der Waals surface area contributed by atoms with Gasteiger partial charge in [0.2, 0.25) is 0 Å². The fourth-order valence-corrected chi connectivity index (χ4v) is 25.1. The van der Waals surface area contributed by atoms with Gasteiger partial charge in [-0.05, 0) is 0 Å². The molecule has 32 heavy (non-hydrogen) atoms. The fourth-order valence-electron chi connectivity index (χ4n) is 7.58. The molecule has 6 atom stereocenters. The predicted molar refractivity (Wildman–Crippen MR) is 145 cm³/mol. The Labute approximate surface area is 221 Å². The van der Waals surface area contributed by atoms with E-state index >= 15 is 0 Å². The van der Waals surface area contributed by atoms with E-state index < -0.39 is 34.1 Å². The Morgan fingerprint density at radius 3 is 1.25 bits per heavy atom. The third kappa shape index (κ3) is 4.99. The van der Waals surface area contributed by atoms with Crippen molar-refractivity contribution in [2.45, 2.75) is 75.4 Å². The molecule has 2 aliphatic carbocycles. The Morgan fingerprint density at radius 2 is 1.00 bits per heavy atom. The number of rotatable bonds is 2. The van der Waals surface area contributed by atoms with Gasteiger partial charge in [-0.2, -0.15) is 0 Å². The van der Waals surface area contributed by atoms with Crippen LogP contribution in [0.15, 0.2) is 46.6 Å². The molecule has 2 unspecified atom stereocenters. The van der Waals surface area contributed by atoms with Crippen LogP contribution in [0, 0.1) is 38.5 Å². The van der Waals surface area contributed by atoms with Crippen LogP contribution in [0.4, 0.5) is 0 Å². The van der Waals surface area contributed by atoms with Gasteiger partial charge >= 0.3 is 208 Å². The number of hydrogen-bond acceptors (Lipinski definition) is 0. The topological polar surface area (TPSA) is 0 Å². The summed E-state index contributed by atoms with van der Waals surface area (Å²) in [5.41, 5.74) is 10.4. The maximum absolute atomic E-state index is 4.93. The molecule has 0 aromatic heterocycles. The molecule has 0 fully saturated rings. The van der Waals surface area contributed by atoms with E-state index in [0.29, 0.717) is 0 Å². The second kappa shape index (κ2) is 12.1. The van der Waals surface area contributed by atoms with E-state index in [1.54, 1.807) is 33.4 Å². The zero-order valence-electron chi connectivity index (χ0n) is 21.9. The molecule has 0 spiro atoms. The Hall–Kier alpha value is 0.706. The number of halogens is 2. The van der Waals surface area contributed by atoms with Gasteiger partial charge in [0.05, 0.1) is 0 Å². The van der Waals surface area contributed by atoms with Gasteiger partial charge in [-0.1, -0.05) is 0 Å². The average molecular weight is 615 g/mol. The number of allylic oxidation sites excluding steroid dienone is 4. The van der Waals surface area contributed by atoms with Crippen LogP contribution in [0.1, 0.15) is 66.5 Å². The van der Waals surface area contributed by atoms with Crippen LogP contribution >= 0.6 is 17.0 Å². The molecule has 0 nitrogen and oxygen atoms in total. The first-order valence-electron chi connectivity index (χ1n) is 11.5. The molecule has 0 saturated carbocycles. The van der Waals surface area contributed by atoms with Crippen molar-refractivity contribution in [3.63, 3.8) is 0 Å². The minimum atomic E-state index is -2.29. The molecule has 4 heteroatoms. The van der Waals surface area contributed by atoms with E-state index in [1.807, 2.05) is 0 Å². The van der Waals surface area contributed by atoms with E-state index in [2.05, 4.69) is 79.7 Å². The van der Waals surface area contributed by atoms with Crippen molar-refractivity contribution in [1.29, 1.82) is 0 Å². The van der Waals surface area contributed by atoms with E-state index in [1.165, 1.54) is 10.5 Å². The molecule has 1 heterocycles. The summed E-state index contributed by atoms with van der Waals surface area (Å²) >= 11 is -3.12. The van der Waals surface area contributed by atoms with Crippen molar-refractivity contribution < 1.29 is 20.8 Å². The Balaban J connectivity index is 0.000000971. The summed E-state index contributed by atoms with van der Waals surface area (Å²) in [4.78, 5) is 0. The fraction of sp³-hybridized carbons (Fsp3) is 0.571. The first-order valence-corrected chi connectivity index (χ1v) is 23.2. The van der Waals surface area contributed by atoms with Crippen molar-refractivity contribution in [3.05, 3.63) is 72.5 Å². The summed E-state index contributed by atoms with van der Waals surface area (Å²) < 4.78 is 1.79. The van der Waals surface area contributed by atoms with Crippen LogP contribution in [-0.2, 0) is 31.4 Å². The second-order valence-electron chi connectivity index (χ2n) is 10.4. The maximum atomic E-state index is 4.93. The van der Waals surface area contributed by atoms with Crippen molar-refractivity contribution in [1.82, 2.24) is 0 Å². The number of fused-ring (bicyclic) bond motifs is 1. The molecule has 0 amide bonds. The molecule has 3 aliphatic rings. The predicted octanol–water partition coefficient (Wildman–Crippen LogP) is 9.57. The van der Waals surface area contributed by atoms with Gasteiger partial charge in [-0.15, -0.1) is 0 Å². The van der Waals surface area contributed by atoms with Crippen LogP contribution in [0.2, 0.25) is 9.50 Å². The third-order valence-electron chi connectivity index (χ3n) is 9.57. The zero-order valence-corrected chi connectivity index (χ0v) is 28.0. The molecule has 1 aliphatic heterocycles. The number of benzene rings is 1. The monoisotopic (exact) mass is 614 g/mol. The van der Waals surface area contributed by atoms with Crippen LogP contribution in [0.3, 0.4) is 0 Å². The Morgan fingerprint density at radius 1 is 0.688 bits per heavy atom. The van der Waals surface area contributed by atoms with Gasteiger partial charge in [0.1, 0.15) is 0 Å². The minimum absolute atomic E-state index is 0. The summed E-state index contributed by atoms with van der Waals surface area (Å²) in [5.74, 6) is 3.19. The molecule has 0 saturated heterocycles. The molecular formula is C28H44Cl2GeZr. The third-order valence-corrected chi connectivity index (χ3v) is 23.2. The second-order valence-corrected chi connectivity index (χ2v) is 23.4. The van der Waals surface area contributed by atoms with E-state index in [9.17, 15) is 0 Å². The van der Waals surface area contributed by atoms with Gasteiger partial charge in [0.15, 0.2) is 0 Å². The molecule has 0 radical (unpaired) electrons. The summed E-state index contributed by atoms with van der Waals surface area (Å²) in [6, 6.07) is 9.46. The van der Waals surface area contributed by atoms with Gasteiger partial charge in [-0.25, -0.2) is 0 Å². The molecule has 4 rings (SSSR count). The summed E-state index contributed by atoms with van der Waals surface area (Å²) in [6.45, 7) is 20.0. The Kier molecular flexibility index (Phi) is 11.6. The van der Waals surface area contributed by atoms with Gasteiger partial charge in [0.25, 0.3) is 0 Å². The molecule has 1 aromatic carbocycles. The van der Waals surface area contributed by atoms with Crippen molar-refractivity contribution in [2.75, 3.05) is 0 Å². The molecular weight excluding hydrogens is 571 g/mol. The quantitative estimate of drug-likeness (QED) is 0.177. The summed E-state index contributed by atoms with van der Waals surface area (Å²) in [7, 11) is 9.87. The first-order chi connectivity index (χ1) is 14.1. The van der Waals surface area contributed by atoms with Crippen molar-refractivity contribution in [2.24, 2.45) is 23.7 Å². The normalized spacial score (nSPS) is 32.4. The molecule has 0 N–H and O–H groups in total. The van der Waals surface area contributed by atoms with E-state index in [-0.39, 0.29) is 14.9 Å². The van der Waals surface area contributed by atoms with E-state index in [0.717, 1.165) is 33.2 Å². The average Bonchev–Trinajstić information content (AvgIpc) is 3.25. The standard InChI is InChI=1S/C26H38Ge.2CH3.2ClH.Zr/c1-15-16(2)20(6)25(19(15)5)27(13-23-11-9-10-12-24(23)14-27)26-21(7)17(3)18(4)22(26)8;;;;;/h9-12,15,17,19,21,25-26H,13-14H2,1-8H3;2*1H3;2*1H;/q;2*-1;;;+4/p-2/t15-,17+,19?,21?,25-,26+;;;;;. The first kappa shape index (κ1) is 30.7. The van der Waals surface area contributed by atoms with E-state index in [4.69, 9.17) is 17.0 Å². The van der Waals surface area contributed by atoms with Crippen LogP contribution in [0.25, 0.3) is 0 Å². The van der Waals surface area contributed by atoms with Crippen LogP contribution in [-0.4, -0.2) is 13.3 Å². The molecule has 0 bridgehead atoms. The molecule has 178 valence electrons. The van der Waals surface area contributed by atoms with Gasteiger partial charge in [-0.3, -0.25) is 0 Å². The van der Waals surface area contributed by atoms with Crippen LogP contribution < -0.4 is 0 Å². The SMILES string of the molecule is CC1=C(C)[C@H]([Ge]2([C@@H]3C(C)=C(C)[C@H](C)C3C)[CH2]c3ccccc3[CH2]2)C(C)[C@@H]1C.[CH3-].[CH3-].[Cl][Zr+2][Cl]. The number of hydrogen-bond donors (Lipinski definition) is 0. The van der Waals surface area contributed by atoms with Crippen molar-refractivity contribution >= 4 is 30.3 Å². The Bertz CT molecular complexity index is 790. The summed E-state index contributed by atoms with van der Waals surface area (Å²) in [6.07, 6.45) is 0. The summed E-state index contributed by atoms with van der Waals surface area (Å²) in [5, 5.41) is 2.91. The van der Waals surface area contributed by atoms with Gasteiger partial charge < -0.3 is 14.9 Å². The van der Waals surface area contributed by atoms with Crippen molar-refractivity contribution in [3.8, 4) is 0 Å². The zero-order chi connectivity index (χ0) is 22.4. The van der Waals surface area contributed by atoms with Crippen LogP contribution in [0.5, 0.6) is 0 Å².